The SMILES string of the molecule is C=C1[C@H]2[C@@H](OC(=O)c3ccccc3)[C@@H]3[C@H]4N(C)[C@H]5[C@H](OC(C)=O)[C@@]3([C@@H]([C@@H]2OC(C)=O)[C@@]42[C@H](OC(C)=O)[C@@H](OC(=O)c3ccccc3)C[C@@](C)(C=O)[C@@H]52)[C@H]1OC(C)=O. The van der Waals surface area contributed by atoms with E-state index < -0.39 is 124 Å². The van der Waals surface area contributed by atoms with Crippen LogP contribution < -0.4 is 0 Å². The second-order valence-electron chi connectivity index (χ2n) is 16.7. The Kier molecular flexibility index (Phi) is 9.02. The van der Waals surface area contributed by atoms with Gasteiger partial charge >= 0.3 is 35.8 Å². The normalized spacial score (nSPS) is 40.4. The number of hydrogen-bond donors (Lipinski definition) is 0. The van der Waals surface area contributed by atoms with Crippen molar-refractivity contribution in [3.05, 3.63) is 83.9 Å². The van der Waals surface area contributed by atoms with Gasteiger partial charge in [-0.05, 0) is 36.9 Å². The van der Waals surface area contributed by atoms with Crippen molar-refractivity contribution < 1.29 is 62.0 Å². The van der Waals surface area contributed by atoms with E-state index in [0.717, 1.165) is 6.29 Å². The lowest BCUT2D eigenvalue weighted by Gasteiger charge is -2.71. The monoisotopic (exact) mass is 783 g/mol. The molecule has 0 unspecified atom stereocenters. The summed E-state index contributed by atoms with van der Waals surface area (Å²) in [6, 6.07) is 15.0. The molecule has 6 saturated carbocycles. The number of hydrogen-bond acceptors (Lipinski definition) is 14. The number of esters is 6. The van der Waals surface area contributed by atoms with Crippen molar-refractivity contribution in [3.8, 4) is 0 Å². The smallest absolute Gasteiger partial charge is 0.338 e. The average molecular weight is 784 g/mol. The highest BCUT2D eigenvalue weighted by atomic mass is 16.6. The Morgan fingerprint density at radius 2 is 1.21 bits per heavy atom. The first-order valence-corrected chi connectivity index (χ1v) is 19.1. The number of likely N-dealkylation sites (N-methyl/N-ethyl adjacent to an activating group) is 1. The maximum Gasteiger partial charge on any atom is 0.338 e. The molecule has 6 aliphatic carbocycles. The number of rotatable bonds is 9. The van der Waals surface area contributed by atoms with Crippen LogP contribution in [0.3, 0.4) is 0 Å². The van der Waals surface area contributed by atoms with E-state index in [2.05, 4.69) is 6.58 Å². The van der Waals surface area contributed by atoms with Crippen LogP contribution in [0, 0.1) is 39.9 Å². The number of carbonyl (C=O) groups is 7. The van der Waals surface area contributed by atoms with Gasteiger partial charge in [0.1, 0.15) is 42.9 Å². The van der Waals surface area contributed by atoms with Crippen LogP contribution in [0.5, 0.6) is 0 Å². The van der Waals surface area contributed by atoms with Crippen molar-refractivity contribution in [2.45, 2.75) is 89.7 Å². The van der Waals surface area contributed by atoms with Crippen molar-refractivity contribution in [2.24, 2.45) is 39.9 Å². The molecule has 7 bridgehead atoms. The first-order valence-electron chi connectivity index (χ1n) is 19.1. The summed E-state index contributed by atoms with van der Waals surface area (Å²) in [6.45, 7) is 11.1. The Balaban J connectivity index is 1.44. The van der Waals surface area contributed by atoms with E-state index in [9.17, 15) is 33.6 Å². The summed E-state index contributed by atoms with van der Waals surface area (Å²) in [4.78, 5) is 97.0. The van der Waals surface area contributed by atoms with Crippen LogP contribution in [0.2, 0.25) is 0 Å². The second-order valence-corrected chi connectivity index (χ2v) is 16.7. The molecule has 8 aliphatic rings. The van der Waals surface area contributed by atoms with Crippen LogP contribution in [0.15, 0.2) is 72.8 Å². The lowest BCUT2D eigenvalue weighted by molar-refractivity contribution is -0.312. The Labute approximate surface area is 329 Å². The number of aldehydes is 1. The molecule has 0 aromatic heterocycles. The molecule has 2 aromatic carbocycles. The molecule has 14 heteroatoms. The Hall–Kier alpha value is -5.37. The van der Waals surface area contributed by atoms with E-state index in [-0.39, 0.29) is 23.1 Å². The number of benzene rings is 2. The highest BCUT2D eigenvalue weighted by Crippen LogP contribution is 2.86. The molecular weight excluding hydrogens is 738 g/mol. The largest absolute Gasteiger partial charge is 0.461 e. The van der Waals surface area contributed by atoms with Crippen LogP contribution in [0.1, 0.15) is 61.8 Å². The van der Waals surface area contributed by atoms with Crippen LogP contribution in [0.25, 0.3) is 0 Å². The third-order valence-electron chi connectivity index (χ3n) is 13.9. The van der Waals surface area contributed by atoms with Gasteiger partial charge in [0.15, 0.2) is 0 Å². The van der Waals surface area contributed by atoms with Gasteiger partial charge in [-0.3, -0.25) is 24.1 Å². The van der Waals surface area contributed by atoms with Crippen molar-refractivity contribution in [1.82, 2.24) is 4.90 Å². The van der Waals surface area contributed by atoms with E-state index in [1.54, 1.807) is 74.6 Å². The van der Waals surface area contributed by atoms with Gasteiger partial charge in [-0.1, -0.05) is 49.9 Å². The van der Waals surface area contributed by atoms with Crippen LogP contribution in [-0.2, 0) is 52.4 Å². The summed E-state index contributed by atoms with van der Waals surface area (Å²) in [6.07, 6.45) is -6.45. The third kappa shape index (κ3) is 5.14. The Morgan fingerprint density at radius 3 is 1.74 bits per heavy atom. The van der Waals surface area contributed by atoms with E-state index in [1.807, 2.05) is 4.90 Å². The first kappa shape index (κ1) is 38.5. The summed E-state index contributed by atoms with van der Waals surface area (Å²) >= 11 is 0. The fourth-order valence-electron chi connectivity index (χ4n) is 13.0. The standard InChI is InChI=1S/C43H45NO13/c1-20-28-31(57-40(51)26-16-12-9-13-17-26)29-35-43-33(41(6,19-45)18-27(37(43)54-23(4)48)56-39(50)25-14-10-8-11-15-25)30(44(35)7)38(55-24(5)49)42(29,36(20)53-22(3)47)34(43)32(28)52-21(2)46/h8-17,19,27-38H,1,18H2,2-7H3/t27-,28-,29+,30+,31+,32+,33+,34+,35+,36-,37+,38-,41-,42-,43+/m0/s1. The predicted octanol–water partition coefficient (Wildman–Crippen LogP) is 3.50. The zero-order valence-corrected chi connectivity index (χ0v) is 32.4. The lowest BCUT2D eigenvalue weighted by atomic mass is 9.36. The molecule has 57 heavy (non-hydrogen) atoms. The highest BCUT2D eigenvalue weighted by Gasteiger charge is 2.96. The molecular formula is C43H45NO13. The molecule has 2 aliphatic heterocycles. The van der Waals surface area contributed by atoms with E-state index >= 15 is 0 Å². The molecule has 15 atom stereocenters. The van der Waals surface area contributed by atoms with Crippen LogP contribution in [-0.4, -0.2) is 103 Å². The van der Waals surface area contributed by atoms with Crippen molar-refractivity contribution in [1.29, 1.82) is 0 Å². The number of carbonyl (C=O) groups excluding carboxylic acids is 7. The zero-order valence-electron chi connectivity index (χ0n) is 32.4. The highest BCUT2D eigenvalue weighted by molar-refractivity contribution is 5.90. The molecule has 0 N–H and O–H groups in total. The topological polar surface area (TPSA) is 178 Å². The zero-order chi connectivity index (χ0) is 40.9. The van der Waals surface area contributed by atoms with Crippen LogP contribution >= 0.6 is 0 Å². The quantitative estimate of drug-likeness (QED) is 0.156. The minimum Gasteiger partial charge on any atom is -0.461 e. The van der Waals surface area contributed by atoms with Gasteiger partial charge in [-0.25, -0.2) is 9.59 Å². The van der Waals surface area contributed by atoms with Crippen molar-refractivity contribution in [2.75, 3.05) is 7.05 Å². The lowest BCUT2D eigenvalue weighted by Crippen LogP contribution is -2.81. The van der Waals surface area contributed by atoms with Gasteiger partial charge in [0.2, 0.25) is 0 Å². The second kappa shape index (κ2) is 13.4. The number of fused-ring (bicyclic) bond motifs is 1. The minimum atomic E-state index is -1.53. The molecule has 300 valence electrons. The van der Waals surface area contributed by atoms with E-state index in [0.29, 0.717) is 0 Å². The fraction of sp³-hybridized carbons (Fsp3) is 0.512. The fourth-order valence-corrected chi connectivity index (χ4v) is 13.0. The van der Waals surface area contributed by atoms with Gasteiger partial charge in [-0.2, -0.15) is 0 Å². The van der Waals surface area contributed by atoms with E-state index in [1.165, 1.54) is 27.7 Å². The summed E-state index contributed by atoms with van der Waals surface area (Å²) in [5, 5.41) is 0. The molecule has 8 fully saturated rings. The third-order valence-corrected chi connectivity index (χ3v) is 13.9. The van der Waals surface area contributed by atoms with Gasteiger partial charge in [-0.15, -0.1) is 0 Å². The summed E-state index contributed by atoms with van der Waals surface area (Å²) in [7, 11) is 1.81. The molecule has 2 heterocycles. The Bertz CT molecular complexity index is 2070. The molecule has 14 nitrogen and oxygen atoms in total. The Morgan fingerprint density at radius 1 is 0.684 bits per heavy atom. The first-order chi connectivity index (χ1) is 27.0. The molecule has 2 spiro atoms. The van der Waals surface area contributed by atoms with Gasteiger partial charge < -0.3 is 33.2 Å². The number of nitrogens with zero attached hydrogens (tertiary/aromatic N) is 1. The maximum absolute atomic E-state index is 14.1. The number of piperidine rings is 1. The average Bonchev–Trinajstić information content (AvgIpc) is 3.48. The summed E-state index contributed by atoms with van der Waals surface area (Å²) < 4.78 is 38.2. The summed E-state index contributed by atoms with van der Waals surface area (Å²) in [5.41, 5.74) is -3.55. The van der Waals surface area contributed by atoms with E-state index in [4.69, 9.17) is 28.4 Å². The molecule has 0 amide bonds. The predicted molar refractivity (Wildman–Crippen MR) is 196 cm³/mol. The van der Waals surface area contributed by atoms with Crippen molar-refractivity contribution in [3.63, 3.8) is 0 Å². The number of ether oxygens (including phenoxy) is 6. The van der Waals surface area contributed by atoms with Crippen molar-refractivity contribution >= 4 is 42.1 Å². The summed E-state index contributed by atoms with van der Waals surface area (Å²) in [5.74, 6) is -7.81. The molecule has 0 radical (unpaired) electrons. The molecule has 2 aromatic rings. The van der Waals surface area contributed by atoms with Gasteiger partial charge in [0, 0.05) is 68.7 Å². The maximum atomic E-state index is 14.1. The van der Waals surface area contributed by atoms with Gasteiger partial charge in [0.25, 0.3) is 0 Å². The van der Waals surface area contributed by atoms with Gasteiger partial charge in [0.05, 0.1) is 28.5 Å². The minimum absolute atomic E-state index is 0.0815. The van der Waals surface area contributed by atoms with Crippen LogP contribution in [0.4, 0.5) is 0 Å². The molecule has 2 saturated heterocycles. The molecule has 10 rings (SSSR count).